The average molecular weight is 314 g/mol. The lowest BCUT2D eigenvalue weighted by atomic mass is 10.3. The van der Waals surface area contributed by atoms with Crippen molar-refractivity contribution in [2.24, 2.45) is 12.0 Å². The van der Waals surface area contributed by atoms with E-state index in [1.165, 1.54) is 40.2 Å². The summed E-state index contributed by atoms with van der Waals surface area (Å²) >= 11 is 1.28. The minimum absolute atomic E-state index is 0.00306. The largest absolute Gasteiger partial charge is 0.287 e. The topological polar surface area (TPSA) is 90.4 Å². The molecule has 0 atom stereocenters. The molecule has 0 radical (unpaired) electrons. The van der Waals surface area contributed by atoms with Gasteiger partial charge in [-0.25, -0.2) is 9.98 Å². The van der Waals surface area contributed by atoms with Gasteiger partial charge in [0.15, 0.2) is 4.80 Å². The molecule has 0 amide bonds. The minimum atomic E-state index is -0.470. The van der Waals surface area contributed by atoms with Crippen molar-refractivity contribution < 1.29 is 4.92 Å². The highest BCUT2D eigenvalue weighted by atomic mass is 32.1. The highest BCUT2D eigenvalue weighted by Crippen LogP contribution is 2.17. The summed E-state index contributed by atoms with van der Waals surface area (Å²) < 4.78 is 1.44. The molecular formula is C14H10N4O3S. The van der Waals surface area contributed by atoms with Gasteiger partial charge in [0, 0.05) is 25.4 Å². The number of nitro groups is 1. The van der Waals surface area contributed by atoms with Gasteiger partial charge in [0.2, 0.25) is 0 Å². The Morgan fingerprint density at radius 3 is 2.68 bits per heavy atom. The molecule has 0 unspecified atom stereocenters. The van der Waals surface area contributed by atoms with E-state index in [-0.39, 0.29) is 11.2 Å². The molecule has 1 aromatic carbocycles. The predicted molar refractivity (Wildman–Crippen MR) is 83.2 cm³/mol. The van der Waals surface area contributed by atoms with Crippen LogP contribution in [0.15, 0.2) is 52.4 Å². The first-order chi connectivity index (χ1) is 10.6. The molecule has 0 saturated heterocycles. The Morgan fingerprint density at radius 1 is 1.27 bits per heavy atom. The Hall–Kier alpha value is -2.87. The minimum Gasteiger partial charge on any atom is -0.287 e. The van der Waals surface area contributed by atoms with Gasteiger partial charge in [-0.15, -0.1) is 0 Å². The third-order valence-electron chi connectivity index (χ3n) is 3.07. The van der Waals surface area contributed by atoms with Gasteiger partial charge in [0.1, 0.15) is 4.83 Å². The maximum absolute atomic E-state index is 12.3. The van der Waals surface area contributed by atoms with Crippen molar-refractivity contribution in [3.8, 4) is 0 Å². The fraction of sp³-hybridized carbons (Fsp3) is 0.0714. The Labute approximate surface area is 128 Å². The van der Waals surface area contributed by atoms with Crippen LogP contribution in [0.2, 0.25) is 0 Å². The monoisotopic (exact) mass is 314 g/mol. The summed E-state index contributed by atoms with van der Waals surface area (Å²) in [6.45, 7) is 0. The summed E-state index contributed by atoms with van der Waals surface area (Å²) in [4.78, 5) is 32.1. The van der Waals surface area contributed by atoms with E-state index < -0.39 is 4.92 Å². The van der Waals surface area contributed by atoms with Crippen LogP contribution in [0.25, 0.3) is 10.2 Å². The second-order valence-electron chi connectivity index (χ2n) is 4.49. The van der Waals surface area contributed by atoms with Crippen molar-refractivity contribution in [3.63, 3.8) is 0 Å². The normalized spacial score (nSPS) is 11.8. The second kappa shape index (κ2) is 5.49. The molecule has 3 aromatic rings. The molecule has 0 aliphatic carbocycles. The van der Waals surface area contributed by atoms with Crippen LogP contribution >= 0.6 is 11.3 Å². The standard InChI is InChI=1S/C14H10N4O3S/c1-17-13(19)11-3-2-8-15-12(11)22-14(17)16-9-4-6-10(7-5-9)18(20)21/h2-8H,1H3/b16-14-. The summed E-state index contributed by atoms with van der Waals surface area (Å²) in [5, 5.41) is 11.2. The van der Waals surface area contributed by atoms with Gasteiger partial charge < -0.3 is 0 Å². The zero-order valence-corrected chi connectivity index (χ0v) is 12.3. The first-order valence-corrected chi connectivity index (χ1v) is 7.12. The van der Waals surface area contributed by atoms with Crippen molar-refractivity contribution >= 4 is 32.9 Å². The molecule has 2 heterocycles. The zero-order valence-electron chi connectivity index (χ0n) is 11.5. The van der Waals surface area contributed by atoms with Crippen LogP contribution in [0.5, 0.6) is 0 Å². The average Bonchev–Trinajstić information content (AvgIpc) is 2.53. The van der Waals surface area contributed by atoms with Crippen molar-refractivity contribution in [2.45, 2.75) is 0 Å². The van der Waals surface area contributed by atoms with Gasteiger partial charge in [0.25, 0.3) is 11.2 Å². The SMILES string of the molecule is Cn1c(=O)c2cccnc2s/c1=N\c1ccc([N+](=O)[O-])cc1. The van der Waals surface area contributed by atoms with E-state index in [4.69, 9.17) is 0 Å². The Kier molecular flexibility index (Phi) is 3.51. The van der Waals surface area contributed by atoms with Crippen molar-refractivity contribution in [3.05, 3.63) is 67.9 Å². The fourth-order valence-electron chi connectivity index (χ4n) is 1.91. The number of pyridine rings is 1. The smallest absolute Gasteiger partial charge is 0.269 e. The van der Waals surface area contributed by atoms with E-state index in [0.29, 0.717) is 20.7 Å². The van der Waals surface area contributed by atoms with Crippen LogP contribution < -0.4 is 10.4 Å². The third kappa shape index (κ3) is 2.51. The Balaban J connectivity index is 2.19. The second-order valence-corrected chi connectivity index (χ2v) is 5.45. The molecule has 3 rings (SSSR count). The number of non-ortho nitro benzene ring substituents is 1. The number of aromatic nitrogens is 2. The number of nitrogens with zero attached hydrogens (tertiary/aromatic N) is 4. The lowest BCUT2D eigenvalue weighted by Gasteiger charge is -2.01. The molecule has 0 aliphatic heterocycles. The molecule has 7 nitrogen and oxygen atoms in total. The molecule has 110 valence electrons. The number of hydrogen-bond acceptors (Lipinski definition) is 6. The lowest BCUT2D eigenvalue weighted by molar-refractivity contribution is -0.384. The van der Waals surface area contributed by atoms with E-state index in [2.05, 4.69) is 9.98 Å². The van der Waals surface area contributed by atoms with Crippen LogP contribution in [-0.2, 0) is 7.05 Å². The van der Waals surface area contributed by atoms with E-state index in [1.54, 1.807) is 25.4 Å². The van der Waals surface area contributed by atoms with Gasteiger partial charge in [-0.3, -0.25) is 19.5 Å². The predicted octanol–water partition coefficient (Wildman–Crippen LogP) is 2.14. The maximum Gasteiger partial charge on any atom is 0.269 e. The zero-order chi connectivity index (χ0) is 15.7. The van der Waals surface area contributed by atoms with E-state index in [1.807, 2.05) is 0 Å². The summed E-state index contributed by atoms with van der Waals surface area (Å²) in [5.41, 5.74) is 0.353. The maximum atomic E-state index is 12.3. The van der Waals surface area contributed by atoms with Crippen LogP contribution in [0.1, 0.15) is 0 Å². The number of benzene rings is 1. The molecule has 22 heavy (non-hydrogen) atoms. The lowest BCUT2D eigenvalue weighted by Crippen LogP contribution is -2.28. The van der Waals surface area contributed by atoms with Crippen LogP contribution in [0.4, 0.5) is 11.4 Å². The van der Waals surface area contributed by atoms with Crippen LogP contribution in [0, 0.1) is 10.1 Å². The highest BCUT2D eigenvalue weighted by molar-refractivity contribution is 7.15. The summed E-state index contributed by atoms with van der Waals surface area (Å²) in [5.74, 6) is 0. The molecule has 0 bridgehead atoms. The molecule has 0 N–H and O–H groups in total. The van der Waals surface area contributed by atoms with Crippen molar-refractivity contribution in [1.29, 1.82) is 0 Å². The number of fused-ring (bicyclic) bond motifs is 1. The first-order valence-electron chi connectivity index (χ1n) is 6.30. The Morgan fingerprint density at radius 2 is 2.00 bits per heavy atom. The third-order valence-corrected chi connectivity index (χ3v) is 4.13. The molecule has 2 aromatic heterocycles. The van der Waals surface area contributed by atoms with Crippen molar-refractivity contribution in [1.82, 2.24) is 9.55 Å². The molecule has 0 spiro atoms. The first kappa shape index (κ1) is 14.1. The number of hydrogen-bond donors (Lipinski definition) is 0. The van der Waals surface area contributed by atoms with E-state index >= 15 is 0 Å². The molecule has 0 fully saturated rings. The van der Waals surface area contributed by atoms with Gasteiger partial charge in [-0.2, -0.15) is 0 Å². The van der Waals surface area contributed by atoms with Crippen LogP contribution in [0.3, 0.4) is 0 Å². The van der Waals surface area contributed by atoms with Gasteiger partial charge in [-0.1, -0.05) is 11.3 Å². The molecular weight excluding hydrogens is 304 g/mol. The van der Waals surface area contributed by atoms with Crippen LogP contribution in [-0.4, -0.2) is 14.5 Å². The summed E-state index contributed by atoms with van der Waals surface area (Å²) in [6.07, 6.45) is 1.62. The van der Waals surface area contributed by atoms with Gasteiger partial charge in [-0.05, 0) is 24.3 Å². The number of nitro benzene ring substituents is 1. The van der Waals surface area contributed by atoms with Crippen molar-refractivity contribution in [2.75, 3.05) is 0 Å². The number of rotatable bonds is 2. The van der Waals surface area contributed by atoms with E-state index in [9.17, 15) is 14.9 Å². The molecule has 0 saturated carbocycles. The molecule has 0 aliphatic rings. The molecule has 8 heteroatoms. The summed E-state index contributed by atoms with van der Waals surface area (Å²) in [6, 6.07) is 9.26. The van der Waals surface area contributed by atoms with Gasteiger partial charge in [0.05, 0.1) is 16.0 Å². The fourth-order valence-corrected chi connectivity index (χ4v) is 2.84. The summed E-state index contributed by atoms with van der Waals surface area (Å²) in [7, 11) is 1.63. The quantitative estimate of drug-likeness (QED) is 0.535. The Bertz CT molecular complexity index is 989. The van der Waals surface area contributed by atoms with E-state index in [0.717, 1.165) is 0 Å². The van der Waals surface area contributed by atoms with Gasteiger partial charge >= 0.3 is 0 Å². The highest BCUT2D eigenvalue weighted by Gasteiger charge is 2.06.